The van der Waals surface area contributed by atoms with Crippen LogP contribution in [0.15, 0.2) is 73.6 Å². The molecule has 0 amide bonds. The summed E-state index contributed by atoms with van der Waals surface area (Å²) in [5.74, 6) is -0.598. The van der Waals surface area contributed by atoms with Gasteiger partial charge in [-0.25, -0.2) is 4.79 Å². The lowest BCUT2D eigenvalue weighted by Gasteiger charge is -2.01. The van der Waals surface area contributed by atoms with Gasteiger partial charge in [0.1, 0.15) is 16.4 Å². The van der Waals surface area contributed by atoms with Crippen molar-refractivity contribution in [3.05, 3.63) is 85.4 Å². The molecule has 0 unspecified atom stereocenters. The maximum atomic E-state index is 11.7. The van der Waals surface area contributed by atoms with Gasteiger partial charge >= 0.3 is 5.97 Å². The number of hydrogen-bond donors (Lipinski definition) is 1. The zero-order chi connectivity index (χ0) is 23.5. The molecule has 9 nitrogen and oxygen atoms in total. The molecule has 0 aliphatic rings. The number of nitro groups is 1. The summed E-state index contributed by atoms with van der Waals surface area (Å²) in [5, 5.41) is 29.2. The van der Waals surface area contributed by atoms with E-state index in [4.69, 9.17) is 32.0 Å². The van der Waals surface area contributed by atoms with Crippen LogP contribution in [-0.4, -0.2) is 26.2 Å². The fourth-order valence-corrected chi connectivity index (χ4v) is 3.70. The predicted molar refractivity (Wildman–Crippen MR) is 122 cm³/mol. The van der Waals surface area contributed by atoms with E-state index >= 15 is 0 Å². The van der Waals surface area contributed by atoms with E-state index in [-0.39, 0.29) is 38.2 Å². The summed E-state index contributed by atoms with van der Waals surface area (Å²) in [7, 11) is 0. The van der Waals surface area contributed by atoms with Crippen LogP contribution in [0.4, 0.5) is 5.69 Å². The second kappa shape index (κ2) is 9.49. The summed E-state index contributed by atoms with van der Waals surface area (Å²) >= 11 is 12.7. The Morgan fingerprint density at radius 2 is 1.82 bits per heavy atom. The quantitative estimate of drug-likeness (QED) is 0.131. The molecule has 2 aromatic heterocycles. The zero-order valence-electron chi connectivity index (χ0n) is 16.3. The Labute approximate surface area is 199 Å². The Morgan fingerprint density at radius 3 is 2.52 bits per heavy atom. The lowest BCUT2D eigenvalue weighted by molar-refractivity contribution is -0.384. The molecule has 4 rings (SSSR count). The van der Waals surface area contributed by atoms with E-state index in [2.05, 4.69) is 10.2 Å². The van der Waals surface area contributed by atoms with Crippen molar-refractivity contribution in [1.82, 2.24) is 10.2 Å². The van der Waals surface area contributed by atoms with Crippen LogP contribution in [0.1, 0.15) is 5.76 Å². The van der Waals surface area contributed by atoms with Gasteiger partial charge in [-0.3, -0.25) is 10.1 Å². The average molecular weight is 504 g/mol. The Hall–Kier alpha value is -3.60. The van der Waals surface area contributed by atoms with Crippen LogP contribution >= 0.6 is 35.0 Å². The van der Waals surface area contributed by atoms with E-state index in [0.29, 0.717) is 16.1 Å². The Kier molecular flexibility index (Phi) is 6.50. The van der Waals surface area contributed by atoms with Crippen LogP contribution in [0, 0.1) is 10.1 Å². The van der Waals surface area contributed by atoms with Gasteiger partial charge in [0.2, 0.25) is 5.89 Å². The van der Waals surface area contributed by atoms with E-state index in [1.807, 2.05) is 0 Å². The first-order chi connectivity index (χ1) is 15.8. The topological polar surface area (TPSA) is 132 Å². The van der Waals surface area contributed by atoms with Gasteiger partial charge in [-0.05, 0) is 54.2 Å². The summed E-state index contributed by atoms with van der Waals surface area (Å²) in [4.78, 5) is 22.1. The summed E-state index contributed by atoms with van der Waals surface area (Å²) in [5.41, 5.74) is 0.779. The molecule has 33 heavy (non-hydrogen) atoms. The molecule has 0 radical (unpaired) electrons. The number of rotatable bonds is 7. The highest BCUT2D eigenvalue weighted by atomic mass is 35.5. The number of nitrogens with zero attached hydrogens (tertiary/aromatic N) is 3. The van der Waals surface area contributed by atoms with Crippen LogP contribution in [0.25, 0.3) is 28.9 Å². The van der Waals surface area contributed by atoms with Crippen molar-refractivity contribution in [2.45, 2.75) is 5.22 Å². The van der Waals surface area contributed by atoms with E-state index < -0.39 is 10.9 Å². The number of aliphatic carboxylic acids is 1. The van der Waals surface area contributed by atoms with Crippen molar-refractivity contribution >= 4 is 52.7 Å². The molecule has 4 aromatic rings. The van der Waals surface area contributed by atoms with Gasteiger partial charge in [-0.15, -0.1) is 10.2 Å². The number of carbonyl (C=O) groups is 1. The SMILES string of the molecule is O=C(O)/C(=C/c1ccc(-c2cc([N+](=O)[O-])ccc2Cl)o1)Sc1nnc(-c2ccc(Cl)cc2)o1. The van der Waals surface area contributed by atoms with Crippen LogP contribution in [-0.2, 0) is 4.79 Å². The molecule has 2 aromatic carbocycles. The van der Waals surface area contributed by atoms with Gasteiger partial charge in [-0.2, -0.15) is 0 Å². The van der Waals surface area contributed by atoms with Crippen LogP contribution in [0.3, 0.4) is 0 Å². The molecule has 0 atom stereocenters. The van der Waals surface area contributed by atoms with E-state index in [1.54, 1.807) is 24.3 Å². The number of benzene rings is 2. The largest absolute Gasteiger partial charge is 0.477 e. The molecule has 0 saturated carbocycles. The summed E-state index contributed by atoms with van der Waals surface area (Å²) in [6, 6.07) is 13.7. The summed E-state index contributed by atoms with van der Waals surface area (Å²) < 4.78 is 11.2. The molecule has 0 aliphatic carbocycles. The van der Waals surface area contributed by atoms with Crippen molar-refractivity contribution in [3.8, 4) is 22.8 Å². The molecule has 1 N–H and O–H groups in total. The number of aromatic nitrogens is 2. The van der Waals surface area contributed by atoms with Crippen LogP contribution in [0.2, 0.25) is 10.0 Å². The molecule has 12 heteroatoms. The number of halogens is 2. The molecule has 166 valence electrons. The Morgan fingerprint density at radius 1 is 1.06 bits per heavy atom. The first-order valence-electron chi connectivity index (χ1n) is 9.06. The molecular weight excluding hydrogens is 493 g/mol. The van der Waals surface area contributed by atoms with Gasteiger partial charge in [0.15, 0.2) is 0 Å². The molecule has 0 spiro atoms. The summed E-state index contributed by atoms with van der Waals surface area (Å²) in [6.45, 7) is 0. The minimum atomic E-state index is -1.24. The third-order valence-corrected chi connectivity index (χ3v) is 5.67. The van der Waals surface area contributed by atoms with Gasteiger partial charge in [0.25, 0.3) is 10.9 Å². The van der Waals surface area contributed by atoms with Gasteiger partial charge in [-0.1, -0.05) is 23.2 Å². The highest BCUT2D eigenvalue weighted by Gasteiger charge is 2.18. The van der Waals surface area contributed by atoms with Crippen LogP contribution < -0.4 is 0 Å². The fraction of sp³-hybridized carbons (Fsp3) is 0. The standard InChI is InChI=1S/C21H11Cl2N3O6S/c22-12-3-1-11(2-4-12)19-24-25-21(32-19)33-18(20(27)28)10-14-6-8-17(31-14)15-9-13(26(29)30)5-7-16(15)23/h1-10H,(H,27,28)/b18-10-. The van der Waals surface area contributed by atoms with Crippen molar-refractivity contribution < 1.29 is 23.7 Å². The minimum Gasteiger partial charge on any atom is -0.477 e. The molecule has 0 bridgehead atoms. The van der Waals surface area contributed by atoms with Gasteiger partial charge in [0, 0.05) is 34.4 Å². The Bertz CT molecular complexity index is 1380. The molecular formula is C21H11Cl2N3O6S. The normalized spacial score (nSPS) is 11.5. The number of nitro benzene ring substituents is 1. The van der Waals surface area contributed by atoms with Crippen molar-refractivity contribution in [2.24, 2.45) is 0 Å². The third kappa shape index (κ3) is 5.25. The lowest BCUT2D eigenvalue weighted by Crippen LogP contribution is -1.96. The van der Waals surface area contributed by atoms with Crippen molar-refractivity contribution in [3.63, 3.8) is 0 Å². The van der Waals surface area contributed by atoms with E-state index in [1.165, 1.54) is 36.4 Å². The van der Waals surface area contributed by atoms with E-state index in [9.17, 15) is 20.0 Å². The Balaban J connectivity index is 1.58. The predicted octanol–water partition coefficient (Wildman–Crippen LogP) is 6.43. The molecule has 2 heterocycles. The van der Waals surface area contributed by atoms with Gasteiger partial charge in [0.05, 0.1) is 9.95 Å². The highest BCUT2D eigenvalue weighted by Crippen LogP contribution is 2.35. The second-order valence-electron chi connectivity index (χ2n) is 6.42. The monoisotopic (exact) mass is 503 g/mol. The minimum absolute atomic E-state index is 0.0158. The number of non-ortho nitro benzene ring substituents is 1. The number of carboxylic acids is 1. The van der Waals surface area contributed by atoms with Crippen molar-refractivity contribution in [1.29, 1.82) is 0 Å². The van der Waals surface area contributed by atoms with Gasteiger partial charge < -0.3 is 13.9 Å². The number of carboxylic acid groups (broad SMARTS) is 1. The van der Waals surface area contributed by atoms with Crippen molar-refractivity contribution in [2.75, 3.05) is 0 Å². The third-order valence-electron chi connectivity index (χ3n) is 4.23. The average Bonchev–Trinajstić information content (AvgIpc) is 3.44. The molecule has 0 fully saturated rings. The second-order valence-corrected chi connectivity index (χ2v) is 8.26. The maximum Gasteiger partial charge on any atom is 0.342 e. The molecule has 0 saturated heterocycles. The van der Waals surface area contributed by atoms with Crippen LogP contribution in [0.5, 0.6) is 0 Å². The fourth-order valence-electron chi connectivity index (χ4n) is 2.71. The number of hydrogen-bond acceptors (Lipinski definition) is 8. The highest BCUT2D eigenvalue weighted by molar-refractivity contribution is 8.03. The number of thioether (sulfide) groups is 1. The first kappa shape index (κ1) is 22.6. The maximum absolute atomic E-state index is 11.7. The smallest absolute Gasteiger partial charge is 0.342 e. The lowest BCUT2D eigenvalue weighted by atomic mass is 10.1. The molecule has 0 aliphatic heterocycles. The summed E-state index contributed by atoms with van der Waals surface area (Å²) in [6.07, 6.45) is 1.27. The van der Waals surface area contributed by atoms with E-state index in [0.717, 1.165) is 11.8 Å². The zero-order valence-corrected chi connectivity index (χ0v) is 18.6. The first-order valence-corrected chi connectivity index (χ1v) is 10.6. The number of furan rings is 1.